The van der Waals surface area contributed by atoms with Gasteiger partial charge in [-0.05, 0) is 6.07 Å². The predicted molar refractivity (Wildman–Crippen MR) is 39.2 cm³/mol. The molecule has 0 aliphatic carbocycles. The van der Waals surface area contributed by atoms with E-state index >= 15 is 0 Å². The normalized spacial score (nSPS) is 10.6. The lowest BCUT2D eigenvalue weighted by Gasteiger charge is -1.81. The van der Waals surface area contributed by atoms with Crippen molar-refractivity contribution >= 4 is 5.65 Å². The third-order valence-corrected chi connectivity index (χ3v) is 1.66. The summed E-state index contributed by atoms with van der Waals surface area (Å²) in [5, 5.41) is 2.64. The highest BCUT2D eigenvalue weighted by molar-refractivity contribution is 5.29. The van der Waals surface area contributed by atoms with Crippen molar-refractivity contribution in [3.8, 4) is 0 Å². The van der Waals surface area contributed by atoms with Gasteiger partial charge in [0.25, 0.3) is 0 Å². The van der Waals surface area contributed by atoms with Gasteiger partial charge in [-0.3, -0.25) is 0 Å². The molecule has 0 aliphatic rings. The number of rotatable bonds is 0. The highest BCUT2D eigenvalue weighted by atomic mass is 16.1. The number of aromatic nitrogens is 3. The van der Waals surface area contributed by atoms with E-state index in [9.17, 15) is 4.79 Å². The maximum atomic E-state index is 11.1. The summed E-state index contributed by atoms with van der Waals surface area (Å²) >= 11 is 0. The second kappa shape index (κ2) is 1.95. The van der Waals surface area contributed by atoms with Gasteiger partial charge >= 0.3 is 11.3 Å². The Morgan fingerprint density at radius 2 is 2.36 bits per heavy atom. The zero-order valence-corrected chi connectivity index (χ0v) is 6.11. The topological polar surface area (TPSA) is 41.1 Å². The van der Waals surface area contributed by atoms with Gasteiger partial charge < -0.3 is 0 Å². The van der Waals surface area contributed by atoms with Crippen LogP contribution in [0.25, 0.3) is 5.65 Å². The Morgan fingerprint density at radius 3 is 3.09 bits per heavy atom. The van der Waals surface area contributed by atoms with E-state index in [1.54, 1.807) is 22.3 Å². The summed E-state index contributed by atoms with van der Waals surface area (Å²) < 4.78 is 3.24. The van der Waals surface area contributed by atoms with Crippen LogP contribution in [0.4, 0.5) is 0 Å². The Labute approximate surface area is 62.7 Å². The van der Waals surface area contributed by atoms with Crippen LogP contribution in [0.2, 0.25) is 0 Å². The van der Waals surface area contributed by atoms with Gasteiger partial charge in [-0.1, -0.05) is 6.07 Å². The van der Waals surface area contributed by atoms with E-state index < -0.39 is 0 Å². The molecule has 0 aliphatic heterocycles. The van der Waals surface area contributed by atoms with Gasteiger partial charge in [0.05, 0.1) is 0 Å². The SMILES string of the molecule is C[n+]1[nH]c(=O)n2ccccc21. The van der Waals surface area contributed by atoms with Crippen LogP contribution in [0.1, 0.15) is 0 Å². The largest absolute Gasteiger partial charge is 0.448 e. The molecule has 4 nitrogen and oxygen atoms in total. The average molecular weight is 150 g/mol. The van der Waals surface area contributed by atoms with Crippen LogP contribution in [-0.4, -0.2) is 9.50 Å². The maximum Gasteiger partial charge on any atom is 0.448 e. The molecule has 0 unspecified atom stereocenters. The van der Waals surface area contributed by atoms with E-state index in [2.05, 4.69) is 5.10 Å². The first-order chi connectivity index (χ1) is 5.29. The fourth-order valence-corrected chi connectivity index (χ4v) is 1.13. The summed E-state index contributed by atoms with van der Waals surface area (Å²) in [7, 11) is 1.80. The van der Waals surface area contributed by atoms with Gasteiger partial charge in [0, 0.05) is 6.07 Å². The molecule has 56 valence electrons. The lowest BCUT2D eigenvalue weighted by atomic mass is 10.5. The number of nitrogens with one attached hydrogen (secondary N) is 1. The van der Waals surface area contributed by atoms with Crippen LogP contribution < -0.4 is 10.4 Å². The molecule has 2 aromatic heterocycles. The molecular formula is C7H8N3O+. The first-order valence-corrected chi connectivity index (χ1v) is 3.34. The minimum Gasteiger partial charge on any atom is -0.216 e. The zero-order chi connectivity index (χ0) is 7.84. The highest BCUT2D eigenvalue weighted by Crippen LogP contribution is 1.89. The van der Waals surface area contributed by atoms with E-state index in [0.29, 0.717) is 0 Å². The summed E-state index contributed by atoms with van der Waals surface area (Å²) in [5.41, 5.74) is 0.751. The molecule has 0 saturated heterocycles. The predicted octanol–water partition coefficient (Wildman–Crippen LogP) is -0.548. The smallest absolute Gasteiger partial charge is 0.216 e. The summed E-state index contributed by atoms with van der Waals surface area (Å²) in [5.74, 6) is 0. The molecule has 0 fully saturated rings. The Hall–Kier alpha value is -1.58. The third-order valence-electron chi connectivity index (χ3n) is 1.66. The van der Waals surface area contributed by atoms with Crippen LogP contribution in [0.3, 0.4) is 0 Å². The molecule has 2 aromatic rings. The van der Waals surface area contributed by atoms with Gasteiger partial charge in [0.2, 0.25) is 0 Å². The maximum absolute atomic E-state index is 11.1. The van der Waals surface area contributed by atoms with Crippen molar-refractivity contribution < 1.29 is 4.68 Å². The van der Waals surface area contributed by atoms with Gasteiger partial charge in [-0.25, -0.2) is 4.79 Å². The monoisotopic (exact) mass is 150 g/mol. The Morgan fingerprint density at radius 1 is 1.55 bits per heavy atom. The van der Waals surface area contributed by atoms with E-state index in [1.165, 1.54) is 0 Å². The van der Waals surface area contributed by atoms with Crippen LogP contribution in [0, 0.1) is 0 Å². The number of fused-ring (bicyclic) bond motifs is 1. The van der Waals surface area contributed by atoms with Crippen LogP contribution >= 0.6 is 0 Å². The molecular weight excluding hydrogens is 142 g/mol. The van der Waals surface area contributed by atoms with Gasteiger partial charge in [-0.2, -0.15) is 9.78 Å². The summed E-state index contributed by atoms with van der Waals surface area (Å²) in [4.78, 5) is 11.1. The molecule has 2 rings (SSSR count). The fourth-order valence-electron chi connectivity index (χ4n) is 1.13. The van der Waals surface area contributed by atoms with Gasteiger partial charge in [0.15, 0.2) is 0 Å². The lowest BCUT2D eigenvalue weighted by Crippen LogP contribution is -2.32. The van der Waals surface area contributed by atoms with Gasteiger partial charge in [0.1, 0.15) is 13.2 Å². The molecule has 0 aromatic carbocycles. The summed E-state index contributed by atoms with van der Waals surface area (Å²) in [6.07, 6.45) is 1.73. The molecule has 0 saturated carbocycles. The molecule has 0 radical (unpaired) electrons. The number of aryl methyl sites for hydroxylation is 1. The van der Waals surface area contributed by atoms with Crippen molar-refractivity contribution in [3.05, 3.63) is 34.9 Å². The van der Waals surface area contributed by atoms with Crippen molar-refractivity contribution in [1.29, 1.82) is 0 Å². The molecule has 0 atom stereocenters. The Kier molecular flexibility index (Phi) is 1.09. The standard InChI is InChI=1S/C7H7N3O/c1-9-6-4-2-3-5-10(6)7(11)8-9/h2-5H,1H3/p+1. The summed E-state index contributed by atoms with van der Waals surface area (Å²) in [6, 6.07) is 5.59. The van der Waals surface area contributed by atoms with Crippen LogP contribution in [-0.2, 0) is 7.05 Å². The van der Waals surface area contributed by atoms with E-state index in [-0.39, 0.29) is 5.69 Å². The van der Waals surface area contributed by atoms with Crippen molar-refractivity contribution in [1.82, 2.24) is 9.50 Å². The van der Waals surface area contributed by atoms with E-state index in [0.717, 1.165) is 5.65 Å². The van der Waals surface area contributed by atoms with Crippen LogP contribution in [0.5, 0.6) is 0 Å². The lowest BCUT2D eigenvalue weighted by molar-refractivity contribution is -0.704. The quantitative estimate of drug-likeness (QED) is 0.503. The Bertz CT molecular complexity index is 440. The third kappa shape index (κ3) is 0.756. The fraction of sp³-hybridized carbons (Fsp3) is 0.143. The molecule has 11 heavy (non-hydrogen) atoms. The second-order valence-corrected chi connectivity index (χ2v) is 2.40. The number of hydrogen-bond acceptors (Lipinski definition) is 1. The van der Waals surface area contributed by atoms with Crippen molar-refractivity contribution in [2.75, 3.05) is 0 Å². The molecule has 2 heterocycles. The number of aromatic amines is 1. The minimum atomic E-state index is -0.108. The first kappa shape index (κ1) is 6.15. The molecule has 0 spiro atoms. The molecule has 1 N–H and O–H groups in total. The van der Waals surface area contributed by atoms with E-state index in [4.69, 9.17) is 0 Å². The Balaban J connectivity index is 3.07. The zero-order valence-electron chi connectivity index (χ0n) is 6.11. The average Bonchev–Trinajstić information content (AvgIpc) is 2.30. The molecule has 4 heteroatoms. The highest BCUT2D eigenvalue weighted by Gasteiger charge is 2.07. The summed E-state index contributed by atoms with van der Waals surface area (Å²) in [6.45, 7) is 0. The van der Waals surface area contributed by atoms with Crippen molar-refractivity contribution in [3.63, 3.8) is 0 Å². The minimum absolute atomic E-state index is 0.108. The molecule has 0 bridgehead atoms. The number of hydrogen-bond donors (Lipinski definition) is 1. The van der Waals surface area contributed by atoms with E-state index in [1.807, 2.05) is 18.2 Å². The van der Waals surface area contributed by atoms with Crippen LogP contribution in [0.15, 0.2) is 29.2 Å². The molecule has 0 amide bonds. The van der Waals surface area contributed by atoms with Crippen molar-refractivity contribution in [2.45, 2.75) is 0 Å². The van der Waals surface area contributed by atoms with Gasteiger partial charge in [-0.15, -0.1) is 4.40 Å². The number of pyridine rings is 1. The number of H-pyrrole nitrogens is 1. The van der Waals surface area contributed by atoms with Crippen molar-refractivity contribution in [2.24, 2.45) is 7.05 Å². The first-order valence-electron chi connectivity index (χ1n) is 3.34. The second-order valence-electron chi connectivity index (χ2n) is 2.40. The number of nitrogens with zero attached hydrogens (tertiary/aromatic N) is 2.